The third-order valence-corrected chi connectivity index (χ3v) is 2.51. The molecule has 0 aliphatic heterocycles. The van der Waals surface area contributed by atoms with Gasteiger partial charge in [0, 0.05) is 12.2 Å². The minimum Gasteiger partial charge on any atom is -0.478 e. The maximum absolute atomic E-state index is 11.3. The first kappa shape index (κ1) is 12.9. The Kier molecular flexibility index (Phi) is 4.41. The number of ether oxygens (including phenoxy) is 1. The van der Waals surface area contributed by atoms with Gasteiger partial charge in [-0.1, -0.05) is 0 Å². The molecule has 1 aromatic heterocycles. The molecule has 7 heteroatoms. The van der Waals surface area contributed by atoms with E-state index in [0.29, 0.717) is 11.1 Å². The van der Waals surface area contributed by atoms with E-state index in [4.69, 9.17) is 5.11 Å². The highest BCUT2D eigenvalue weighted by Gasteiger charge is 2.14. The average molecular weight is 255 g/mol. The maximum Gasteiger partial charge on any atom is 0.340 e. The lowest BCUT2D eigenvalue weighted by atomic mass is 10.3. The first-order chi connectivity index (χ1) is 8.04. The van der Waals surface area contributed by atoms with Gasteiger partial charge in [0.15, 0.2) is 0 Å². The summed E-state index contributed by atoms with van der Waals surface area (Å²) in [6, 6.07) is 1.51. The number of hydrogen-bond acceptors (Lipinski definition) is 5. The zero-order chi connectivity index (χ0) is 12.8. The molecule has 0 aliphatic carbocycles. The zero-order valence-electron chi connectivity index (χ0n) is 8.80. The molecule has 17 heavy (non-hydrogen) atoms. The molecule has 6 nitrogen and oxygen atoms in total. The summed E-state index contributed by atoms with van der Waals surface area (Å²) in [5, 5.41) is 12.7. The monoisotopic (exact) mass is 255 g/mol. The minimum atomic E-state index is -1.22. The number of carbonyl (C=O) groups is 3. The number of aliphatic carboxylic acids is 1. The molecule has 1 heterocycles. The summed E-state index contributed by atoms with van der Waals surface area (Å²) in [6.45, 7) is 0. The predicted octanol–water partition coefficient (Wildman–Crippen LogP) is 1.11. The highest BCUT2D eigenvalue weighted by atomic mass is 32.1. The van der Waals surface area contributed by atoms with Crippen molar-refractivity contribution >= 4 is 34.2 Å². The standard InChI is InChI=1S/C10H9NO5S/c1-16-10(15)6-4-5-17-9(6)11-7(12)2-3-8(13)14/h2-5H,1H3,(H,11,12)(H,13,14)/b3-2+. The van der Waals surface area contributed by atoms with Gasteiger partial charge in [-0.3, -0.25) is 4.79 Å². The van der Waals surface area contributed by atoms with Gasteiger partial charge in [-0.25, -0.2) is 9.59 Å². The first-order valence-electron chi connectivity index (χ1n) is 4.42. The van der Waals surface area contributed by atoms with Crippen LogP contribution in [0.5, 0.6) is 0 Å². The molecule has 2 N–H and O–H groups in total. The maximum atomic E-state index is 11.3. The van der Waals surface area contributed by atoms with Crippen LogP contribution in [0.4, 0.5) is 5.00 Å². The van der Waals surface area contributed by atoms with Crippen LogP contribution < -0.4 is 5.32 Å². The topological polar surface area (TPSA) is 92.7 Å². The Balaban J connectivity index is 2.75. The summed E-state index contributed by atoms with van der Waals surface area (Å²) >= 11 is 1.14. The average Bonchev–Trinajstić information content (AvgIpc) is 2.73. The Bertz CT molecular complexity index is 477. The van der Waals surface area contributed by atoms with Crippen LogP contribution in [0, 0.1) is 0 Å². The van der Waals surface area contributed by atoms with Gasteiger partial charge < -0.3 is 15.2 Å². The van der Waals surface area contributed by atoms with Crippen LogP contribution in [0.3, 0.4) is 0 Å². The summed E-state index contributed by atoms with van der Waals surface area (Å²) in [7, 11) is 1.23. The van der Waals surface area contributed by atoms with Crippen LogP contribution in [0.2, 0.25) is 0 Å². The molecule has 0 spiro atoms. The van der Waals surface area contributed by atoms with E-state index in [9.17, 15) is 14.4 Å². The van der Waals surface area contributed by atoms with E-state index in [-0.39, 0.29) is 5.56 Å². The van der Waals surface area contributed by atoms with Gasteiger partial charge in [0.2, 0.25) is 5.91 Å². The van der Waals surface area contributed by atoms with Crippen molar-refractivity contribution in [2.75, 3.05) is 12.4 Å². The number of amides is 1. The summed E-state index contributed by atoms with van der Waals surface area (Å²) < 4.78 is 4.52. The van der Waals surface area contributed by atoms with Crippen molar-refractivity contribution in [3.05, 3.63) is 29.2 Å². The molecular formula is C10H9NO5S. The number of thiophene rings is 1. The number of carboxylic acid groups (broad SMARTS) is 1. The van der Waals surface area contributed by atoms with Gasteiger partial charge in [0.1, 0.15) is 5.00 Å². The van der Waals surface area contributed by atoms with Gasteiger partial charge in [-0.15, -0.1) is 11.3 Å². The van der Waals surface area contributed by atoms with E-state index < -0.39 is 17.8 Å². The number of anilines is 1. The predicted molar refractivity (Wildman–Crippen MR) is 61.1 cm³/mol. The van der Waals surface area contributed by atoms with E-state index in [2.05, 4.69) is 10.1 Å². The lowest BCUT2D eigenvalue weighted by molar-refractivity contribution is -0.131. The second-order valence-electron chi connectivity index (χ2n) is 2.82. The van der Waals surface area contributed by atoms with Crippen molar-refractivity contribution in [2.24, 2.45) is 0 Å². The van der Waals surface area contributed by atoms with E-state index in [1.165, 1.54) is 13.2 Å². The summed E-state index contributed by atoms with van der Waals surface area (Å²) in [5.74, 6) is -2.41. The van der Waals surface area contributed by atoms with Crippen LogP contribution in [-0.4, -0.2) is 30.1 Å². The molecule has 0 unspecified atom stereocenters. The Morgan fingerprint density at radius 1 is 1.41 bits per heavy atom. The lowest BCUT2D eigenvalue weighted by Crippen LogP contribution is -2.11. The quantitative estimate of drug-likeness (QED) is 0.621. The van der Waals surface area contributed by atoms with Crippen molar-refractivity contribution in [1.29, 1.82) is 0 Å². The molecule has 0 saturated heterocycles. The summed E-state index contributed by atoms with van der Waals surface area (Å²) in [4.78, 5) is 32.7. The van der Waals surface area contributed by atoms with Crippen molar-refractivity contribution in [3.8, 4) is 0 Å². The van der Waals surface area contributed by atoms with Gasteiger partial charge >= 0.3 is 11.9 Å². The van der Waals surface area contributed by atoms with E-state index in [1.54, 1.807) is 5.38 Å². The van der Waals surface area contributed by atoms with Gasteiger partial charge in [0.05, 0.1) is 12.7 Å². The molecule has 1 amide bonds. The molecule has 0 radical (unpaired) electrons. The lowest BCUT2D eigenvalue weighted by Gasteiger charge is -2.01. The molecule has 0 aromatic carbocycles. The van der Waals surface area contributed by atoms with E-state index in [0.717, 1.165) is 17.4 Å². The van der Waals surface area contributed by atoms with E-state index >= 15 is 0 Å². The van der Waals surface area contributed by atoms with Crippen LogP contribution in [0.25, 0.3) is 0 Å². The minimum absolute atomic E-state index is 0.231. The highest BCUT2D eigenvalue weighted by Crippen LogP contribution is 2.23. The second-order valence-corrected chi connectivity index (χ2v) is 3.73. The number of carboxylic acids is 1. The second kappa shape index (κ2) is 5.80. The molecule has 0 atom stereocenters. The summed E-state index contributed by atoms with van der Waals surface area (Å²) in [5.41, 5.74) is 0.231. The SMILES string of the molecule is COC(=O)c1ccsc1NC(=O)/C=C/C(=O)O. The van der Waals surface area contributed by atoms with E-state index in [1.807, 2.05) is 0 Å². The number of carbonyl (C=O) groups excluding carboxylic acids is 2. The molecule has 0 fully saturated rings. The van der Waals surface area contributed by atoms with Crippen LogP contribution >= 0.6 is 11.3 Å². The number of hydrogen-bond donors (Lipinski definition) is 2. The van der Waals surface area contributed by atoms with Crippen LogP contribution in [0.1, 0.15) is 10.4 Å². The van der Waals surface area contributed by atoms with Crippen molar-refractivity contribution in [1.82, 2.24) is 0 Å². The normalized spacial score (nSPS) is 10.2. The Labute approximate surface area is 101 Å². The fourth-order valence-corrected chi connectivity index (χ4v) is 1.76. The Morgan fingerprint density at radius 3 is 2.71 bits per heavy atom. The van der Waals surface area contributed by atoms with Crippen molar-refractivity contribution < 1.29 is 24.2 Å². The zero-order valence-corrected chi connectivity index (χ0v) is 9.61. The molecule has 0 bridgehead atoms. The number of nitrogens with one attached hydrogen (secondary N) is 1. The number of rotatable bonds is 4. The largest absolute Gasteiger partial charge is 0.478 e. The molecule has 1 rings (SSSR count). The number of esters is 1. The van der Waals surface area contributed by atoms with Crippen molar-refractivity contribution in [3.63, 3.8) is 0 Å². The Hall–Kier alpha value is -2.15. The third kappa shape index (κ3) is 3.72. The van der Waals surface area contributed by atoms with Gasteiger partial charge in [-0.05, 0) is 11.4 Å². The summed E-state index contributed by atoms with van der Waals surface area (Å²) in [6.07, 6.45) is 1.57. The van der Waals surface area contributed by atoms with Crippen LogP contribution in [-0.2, 0) is 14.3 Å². The van der Waals surface area contributed by atoms with Crippen molar-refractivity contribution in [2.45, 2.75) is 0 Å². The third-order valence-electron chi connectivity index (χ3n) is 1.68. The molecule has 1 aromatic rings. The number of methoxy groups -OCH3 is 1. The first-order valence-corrected chi connectivity index (χ1v) is 5.30. The molecular weight excluding hydrogens is 246 g/mol. The van der Waals surface area contributed by atoms with Crippen LogP contribution in [0.15, 0.2) is 23.6 Å². The molecule has 0 saturated carbocycles. The van der Waals surface area contributed by atoms with Gasteiger partial charge in [0.25, 0.3) is 0 Å². The fraction of sp³-hybridized carbons (Fsp3) is 0.100. The highest BCUT2D eigenvalue weighted by molar-refractivity contribution is 7.14. The van der Waals surface area contributed by atoms with Gasteiger partial charge in [-0.2, -0.15) is 0 Å². The Morgan fingerprint density at radius 2 is 2.12 bits per heavy atom. The fourth-order valence-electron chi connectivity index (χ4n) is 0.977. The molecule has 0 aliphatic rings. The smallest absolute Gasteiger partial charge is 0.340 e. The molecule has 90 valence electrons.